The van der Waals surface area contributed by atoms with Gasteiger partial charge in [-0.15, -0.1) is 5.92 Å². The topological polar surface area (TPSA) is 55.8 Å². The van der Waals surface area contributed by atoms with Gasteiger partial charge in [0.15, 0.2) is 5.78 Å². The molecule has 0 bridgehead atoms. The number of carbonyl (C=O) groups excluding carboxylic acids is 1. The molecule has 1 heterocycles. The van der Waals surface area contributed by atoms with E-state index in [1.54, 1.807) is 5.57 Å². The highest BCUT2D eigenvalue weighted by Gasteiger charge is 2.62. The van der Waals surface area contributed by atoms with Gasteiger partial charge in [0, 0.05) is 17.8 Å². The number of ether oxygens (including phenoxy) is 2. The van der Waals surface area contributed by atoms with E-state index in [4.69, 9.17) is 9.47 Å². The Hall–Kier alpha value is -1.93. The van der Waals surface area contributed by atoms with Crippen molar-refractivity contribution in [2.24, 2.45) is 23.2 Å². The molecule has 0 spiro atoms. The molecule has 0 radical (unpaired) electrons. The van der Waals surface area contributed by atoms with Crippen molar-refractivity contribution in [1.29, 1.82) is 0 Å². The van der Waals surface area contributed by atoms with Crippen molar-refractivity contribution in [2.45, 2.75) is 76.6 Å². The lowest BCUT2D eigenvalue weighted by atomic mass is 9.51. The van der Waals surface area contributed by atoms with Gasteiger partial charge >= 0.3 is 0 Å². The van der Waals surface area contributed by atoms with E-state index < -0.39 is 5.60 Å². The van der Waals surface area contributed by atoms with E-state index in [2.05, 4.69) is 37.0 Å². The summed E-state index contributed by atoms with van der Waals surface area (Å²) < 4.78 is 11.5. The number of hydrogen-bond donors (Lipinski definition) is 1. The molecule has 6 rings (SSSR count). The zero-order valence-corrected chi connectivity index (χ0v) is 19.0. The molecule has 3 fully saturated rings. The monoisotopic (exact) mass is 432 g/mol. The minimum Gasteiger partial charge on any atom is -0.377 e. The van der Waals surface area contributed by atoms with Gasteiger partial charge in [0.25, 0.3) is 0 Å². The Balaban J connectivity index is 1.50. The Bertz CT molecular complexity index is 1050. The highest BCUT2D eigenvalue weighted by atomic mass is 16.7. The lowest BCUT2D eigenvalue weighted by Gasteiger charge is -2.54. The first-order valence-corrected chi connectivity index (χ1v) is 12.2. The number of ketones is 1. The first kappa shape index (κ1) is 20.7. The van der Waals surface area contributed by atoms with Crippen molar-refractivity contribution in [2.75, 3.05) is 6.79 Å². The van der Waals surface area contributed by atoms with Crippen LogP contribution in [0.15, 0.2) is 46.6 Å². The predicted octanol–water partition coefficient (Wildman–Crippen LogP) is 4.41. The maximum atomic E-state index is 12.2. The molecule has 0 amide bonds. The van der Waals surface area contributed by atoms with Gasteiger partial charge in [0.2, 0.25) is 0 Å². The second-order valence-electron chi connectivity index (χ2n) is 10.7. The summed E-state index contributed by atoms with van der Waals surface area (Å²) in [6, 6.07) is 0. The van der Waals surface area contributed by atoms with Crippen molar-refractivity contribution in [3.05, 3.63) is 46.6 Å². The van der Waals surface area contributed by atoms with Crippen molar-refractivity contribution in [3.8, 4) is 11.8 Å². The summed E-state index contributed by atoms with van der Waals surface area (Å²) in [4.78, 5) is 12.2. The molecule has 0 aromatic heterocycles. The van der Waals surface area contributed by atoms with Gasteiger partial charge in [0.1, 0.15) is 24.6 Å². The van der Waals surface area contributed by atoms with E-state index in [1.807, 2.05) is 13.0 Å². The molecule has 0 aromatic carbocycles. The molecule has 4 heteroatoms. The maximum absolute atomic E-state index is 12.2. The third-order valence-electron chi connectivity index (χ3n) is 9.30. The lowest BCUT2D eigenvalue weighted by molar-refractivity contribution is -0.114. The van der Waals surface area contributed by atoms with E-state index >= 15 is 0 Å². The quantitative estimate of drug-likeness (QED) is 0.624. The molecule has 1 saturated heterocycles. The average Bonchev–Trinajstić information content (AvgIpc) is 3.35. The van der Waals surface area contributed by atoms with Crippen molar-refractivity contribution in [1.82, 2.24) is 0 Å². The van der Waals surface area contributed by atoms with Crippen LogP contribution >= 0.6 is 0 Å². The molecule has 0 aromatic rings. The fourth-order valence-corrected chi connectivity index (χ4v) is 7.75. The first-order chi connectivity index (χ1) is 15.4. The van der Waals surface area contributed by atoms with Gasteiger partial charge in [-0.1, -0.05) is 30.6 Å². The molecule has 2 saturated carbocycles. The lowest BCUT2D eigenvalue weighted by Crippen LogP contribution is -2.51. The Labute approximate surface area is 190 Å². The third-order valence-corrected chi connectivity index (χ3v) is 9.30. The first-order valence-electron chi connectivity index (χ1n) is 12.2. The second kappa shape index (κ2) is 7.29. The Kier molecular flexibility index (Phi) is 4.70. The smallest absolute Gasteiger partial charge is 0.156 e. The van der Waals surface area contributed by atoms with Crippen molar-refractivity contribution >= 4 is 5.78 Å². The SMILES string of the molecule is CC#C[C@]1(O)CC[C@H]2[C@@H]3CCC4=CC(=O)CCC4=C3[C@@H](C3=CC4OCOC4C=C3)C[C@@]21C. The van der Waals surface area contributed by atoms with Crippen LogP contribution in [0.3, 0.4) is 0 Å². The van der Waals surface area contributed by atoms with Gasteiger partial charge in [-0.3, -0.25) is 4.79 Å². The van der Waals surface area contributed by atoms with Crippen LogP contribution in [0.2, 0.25) is 0 Å². The van der Waals surface area contributed by atoms with Crippen LogP contribution in [0.1, 0.15) is 58.8 Å². The summed E-state index contributed by atoms with van der Waals surface area (Å²) in [6.45, 7) is 4.46. The standard InChI is InChI=1S/C28H32O4/c1-3-11-28(30)12-10-23-21-7-4-17-13-19(29)6-8-20(17)26(21)22(15-27(23,28)2)18-5-9-24-25(14-18)32-16-31-24/h5,9,13-14,21-25,30H,4,6-8,10,12,15-16H2,1-2H3/t21-,22+,23-,24?,25?,27-,28-/m0/s1. The Morgan fingerprint density at radius 2 is 2.00 bits per heavy atom. The molecule has 168 valence electrons. The largest absolute Gasteiger partial charge is 0.377 e. The van der Waals surface area contributed by atoms with Crippen LogP contribution in [0.4, 0.5) is 0 Å². The second-order valence-corrected chi connectivity index (χ2v) is 10.7. The average molecular weight is 433 g/mol. The summed E-state index contributed by atoms with van der Waals surface area (Å²) in [5.74, 6) is 7.62. The van der Waals surface area contributed by atoms with Crippen molar-refractivity contribution in [3.63, 3.8) is 0 Å². The molecule has 2 unspecified atom stereocenters. The highest BCUT2D eigenvalue weighted by molar-refractivity contribution is 5.93. The summed E-state index contributed by atoms with van der Waals surface area (Å²) >= 11 is 0. The van der Waals surface area contributed by atoms with Crippen LogP contribution in [-0.4, -0.2) is 35.5 Å². The van der Waals surface area contributed by atoms with Gasteiger partial charge in [-0.05, 0) is 86.2 Å². The fourth-order valence-electron chi connectivity index (χ4n) is 7.75. The third kappa shape index (κ3) is 2.84. The zero-order chi connectivity index (χ0) is 22.1. The molecule has 4 nitrogen and oxygen atoms in total. The number of carbonyl (C=O) groups is 1. The minimum atomic E-state index is -0.937. The fraction of sp³-hybridized carbons (Fsp3) is 0.607. The summed E-state index contributed by atoms with van der Waals surface area (Å²) in [5, 5.41) is 11.7. The molecule has 1 aliphatic heterocycles. The van der Waals surface area contributed by atoms with E-state index in [0.717, 1.165) is 38.5 Å². The normalized spacial score (nSPS) is 44.6. The molecule has 6 aliphatic rings. The van der Waals surface area contributed by atoms with Crippen LogP contribution in [0.5, 0.6) is 0 Å². The van der Waals surface area contributed by atoms with Crippen molar-refractivity contribution < 1.29 is 19.4 Å². The maximum Gasteiger partial charge on any atom is 0.156 e. The number of hydrogen-bond acceptors (Lipinski definition) is 4. The number of allylic oxidation sites excluding steroid dienone is 6. The van der Waals surface area contributed by atoms with E-state index in [9.17, 15) is 9.90 Å². The van der Waals surface area contributed by atoms with E-state index in [1.165, 1.54) is 16.7 Å². The molecular weight excluding hydrogens is 400 g/mol. The minimum absolute atomic E-state index is 0.00242. The Morgan fingerprint density at radius 1 is 1.16 bits per heavy atom. The van der Waals surface area contributed by atoms with Crippen LogP contribution in [0.25, 0.3) is 0 Å². The number of rotatable bonds is 1. The highest BCUT2D eigenvalue weighted by Crippen LogP contribution is 2.66. The molecular formula is C28H32O4. The van der Waals surface area contributed by atoms with E-state index in [0.29, 0.717) is 25.0 Å². The summed E-state index contributed by atoms with van der Waals surface area (Å²) in [6.07, 6.45) is 14.7. The predicted molar refractivity (Wildman–Crippen MR) is 121 cm³/mol. The van der Waals surface area contributed by atoms with Gasteiger partial charge in [-0.2, -0.15) is 0 Å². The van der Waals surface area contributed by atoms with Crippen LogP contribution in [0, 0.1) is 35.0 Å². The van der Waals surface area contributed by atoms with Crippen LogP contribution < -0.4 is 0 Å². The molecule has 7 atom stereocenters. The van der Waals surface area contributed by atoms with Gasteiger partial charge in [0.05, 0.1) is 0 Å². The van der Waals surface area contributed by atoms with Gasteiger partial charge in [-0.25, -0.2) is 0 Å². The molecule has 32 heavy (non-hydrogen) atoms. The van der Waals surface area contributed by atoms with Crippen LogP contribution in [-0.2, 0) is 14.3 Å². The molecule has 5 aliphatic carbocycles. The summed E-state index contributed by atoms with van der Waals surface area (Å²) in [7, 11) is 0. The molecule has 1 N–H and O–H groups in total. The Morgan fingerprint density at radius 3 is 2.84 bits per heavy atom. The summed E-state index contributed by atoms with van der Waals surface area (Å²) in [5.41, 5.74) is 4.33. The number of aliphatic hydroxyl groups is 1. The van der Waals surface area contributed by atoms with Gasteiger partial charge < -0.3 is 14.6 Å². The zero-order valence-electron chi connectivity index (χ0n) is 19.0. The van der Waals surface area contributed by atoms with E-state index in [-0.39, 0.29) is 29.3 Å². The number of fused-ring (bicyclic) bond motifs is 5.